The van der Waals surface area contributed by atoms with Crippen LogP contribution < -0.4 is 5.32 Å². The van der Waals surface area contributed by atoms with Crippen molar-refractivity contribution in [1.82, 2.24) is 10.2 Å². The van der Waals surface area contributed by atoms with E-state index >= 15 is 0 Å². The number of hydrogen-bond donors (Lipinski definition) is 1. The van der Waals surface area contributed by atoms with E-state index < -0.39 is 0 Å². The molecule has 3 nitrogen and oxygen atoms in total. The van der Waals surface area contributed by atoms with Gasteiger partial charge in [0, 0.05) is 25.0 Å². The molecular formula is C14H27ClN2O. The molecule has 0 aromatic carbocycles. The number of rotatable bonds is 5. The van der Waals surface area contributed by atoms with E-state index in [1.807, 2.05) is 0 Å². The van der Waals surface area contributed by atoms with E-state index in [1.54, 1.807) is 0 Å². The van der Waals surface area contributed by atoms with E-state index in [0.717, 1.165) is 45.3 Å². The van der Waals surface area contributed by atoms with Crippen molar-refractivity contribution in [3.63, 3.8) is 0 Å². The summed E-state index contributed by atoms with van der Waals surface area (Å²) in [5.41, 5.74) is 0.301. The molecule has 1 amide bonds. The third-order valence-electron chi connectivity index (χ3n) is 4.68. The summed E-state index contributed by atoms with van der Waals surface area (Å²) in [6.45, 7) is 9.60. The zero-order valence-corrected chi connectivity index (χ0v) is 12.7. The van der Waals surface area contributed by atoms with Crippen molar-refractivity contribution in [3.05, 3.63) is 0 Å². The fourth-order valence-corrected chi connectivity index (χ4v) is 3.00. The Bertz CT molecular complexity index is 292. The van der Waals surface area contributed by atoms with Gasteiger partial charge in [-0.05, 0) is 37.6 Å². The molecule has 0 aromatic heterocycles. The number of carbonyl (C=O) groups excluding carboxylic acids is 1. The van der Waals surface area contributed by atoms with Crippen LogP contribution in [0.2, 0.25) is 0 Å². The summed E-state index contributed by atoms with van der Waals surface area (Å²) in [6.07, 6.45) is 4.42. The molecule has 18 heavy (non-hydrogen) atoms. The quantitative estimate of drug-likeness (QED) is 0.835. The van der Waals surface area contributed by atoms with Gasteiger partial charge in [0.1, 0.15) is 0 Å². The predicted molar refractivity (Wildman–Crippen MR) is 77.0 cm³/mol. The van der Waals surface area contributed by atoms with Gasteiger partial charge in [0.2, 0.25) is 5.91 Å². The lowest BCUT2D eigenvalue weighted by molar-refractivity contribution is -0.135. The lowest BCUT2D eigenvalue weighted by Crippen LogP contribution is -2.43. The van der Waals surface area contributed by atoms with Crippen LogP contribution in [0, 0.1) is 11.3 Å². The van der Waals surface area contributed by atoms with Gasteiger partial charge in [-0.25, -0.2) is 0 Å². The lowest BCUT2D eigenvalue weighted by atomic mass is 10.0. The third kappa shape index (κ3) is 3.00. The molecule has 1 heterocycles. The maximum Gasteiger partial charge on any atom is 0.226 e. The molecule has 0 radical (unpaired) electrons. The SMILES string of the molecule is CCCN(C(=O)C1CC1(C)CC)C1CCNC1.Cl. The Hall–Kier alpha value is -0.280. The topological polar surface area (TPSA) is 32.3 Å². The highest BCUT2D eigenvalue weighted by molar-refractivity contribution is 5.85. The van der Waals surface area contributed by atoms with Crippen molar-refractivity contribution in [3.8, 4) is 0 Å². The summed E-state index contributed by atoms with van der Waals surface area (Å²) >= 11 is 0. The molecule has 0 aromatic rings. The van der Waals surface area contributed by atoms with Crippen LogP contribution in [0.15, 0.2) is 0 Å². The Morgan fingerprint density at radius 2 is 2.17 bits per heavy atom. The van der Waals surface area contributed by atoms with Gasteiger partial charge >= 0.3 is 0 Å². The molecule has 1 saturated heterocycles. The number of nitrogens with one attached hydrogen (secondary N) is 1. The number of nitrogens with zero attached hydrogens (tertiary/aromatic N) is 1. The highest BCUT2D eigenvalue weighted by Gasteiger charge is 2.54. The minimum Gasteiger partial charge on any atom is -0.338 e. The van der Waals surface area contributed by atoms with Crippen LogP contribution in [0.5, 0.6) is 0 Å². The van der Waals surface area contributed by atoms with Crippen LogP contribution in [-0.2, 0) is 4.79 Å². The summed E-state index contributed by atoms with van der Waals surface area (Å²) in [5.74, 6) is 0.726. The number of hydrogen-bond acceptors (Lipinski definition) is 2. The van der Waals surface area contributed by atoms with Gasteiger partial charge in [0.15, 0.2) is 0 Å². The molecule has 1 aliphatic heterocycles. The largest absolute Gasteiger partial charge is 0.338 e. The molecule has 0 spiro atoms. The zero-order chi connectivity index (χ0) is 12.5. The second kappa shape index (κ2) is 6.25. The normalized spacial score (nSPS) is 33.9. The van der Waals surface area contributed by atoms with Crippen LogP contribution in [0.4, 0.5) is 0 Å². The van der Waals surface area contributed by atoms with E-state index in [9.17, 15) is 4.79 Å². The second-order valence-electron chi connectivity index (χ2n) is 5.94. The van der Waals surface area contributed by atoms with Crippen LogP contribution in [0.1, 0.15) is 46.5 Å². The second-order valence-corrected chi connectivity index (χ2v) is 5.94. The maximum atomic E-state index is 12.6. The van der Waals surface area contributed by atoms with E-state index in [1.165, 1.54) is 0 Å². The average Bonchev–Trinajstić information content (AvgIpc) is 2.78. The summed E-state index contributed by atoms with van der Waals surface area (Å²) in [4.78, 5) is 14.7. The first-order valence-corrected chi connectivity index (χ1v) is 7.13. The van der Waals surface area contributed by atoms with Gasteiger partial charge in [0.05, 0.1) is 0 Å². The van der Waals surface area contributed by atoms with Gasteiger partial charge in [-0.1, -0.05) is 20.8 Å². The number of amides is 1. The fraction of sp³-hybridized carbons (Fsp3) is 0.929. The van der Waals surface area contributed by atoms with Crippen molar-refractivity contribution in [2.24, 2.45) is 11.3 Å². The van der Waals surface area contributed by atoms with E-state index in [2.05, 4.69) is 31.0 Å². The smallest absolute Gasteiger partial charge is 0.226 e. The summed E-state index contributed by atoms with van der Waals surface area (Å²) < 4.78 is 0. The molecule has 1 saturated carbocycles. The van der Waals surface area contributed by atoms with Crippen molar-refractivity contribution in [2.45, 2.75) is 52.5 Å². The van der Waals surface area contributed by atoms with Crippen molar-refractivity contribution in [2.75, 3.05) is 19.6 Å². The number of carbonyl (C=O) groups is 1. The first-order chi connectivity index (χ1) is 8.12. The van der Waals surface area contributed by atoms with Crippen LogP contribution in [-0.4, -0.2) is 36.5 Å². The molecule has 1 aliphatic carbocycles. The Balaban J connectivity index is 0.00000162. The molecule has 2 fully saturated rings. The Kier molecular flexibility index (Phi) is 5.47. The Morgan fingerprint density at radius 1 is 1.44 bits per heavy atom. The molecule has 1 N–H and O–H groups in total. The number of halogens is 1. The highest BCUT2D eigenvalue weighted by Crippen LogP contribution is 2.55. The standard InChI is InChI=1S/C14H26N2O.ClH/c1-4-8-16(11-6-7-15-10-11)13(17)12-9-14(12,3)5-2;/h11-12,15H,4-10H2,1-3H3;1H. The molecule has 2 rings (SSSR count). The maximum absolute atomic E-state index is 12.6. The van der Waals surface area contributed by atoms with Gasteiger partial charge in [0.25, 0.3) is 0 Å². The first-order valence-electron chi connectivity index (χ1n) is 7.13. The minimum atomic E-state index is 0. The third-order valence-corrected chi connectivity index (χ3v) is 4.68. The van der Waals surface area contributed by atoms with Gasteiger partial charge in [-0.2, -0.15) is 0 Å². The Labute approximate surface area is 117 Å². The first kappa shape index (κ1) is 15.8. The summed E-state index contributed by atoms with van der Waals surface area (Å²) in [7, 11) is 0. The van der Waals surface area contributed by atoms with E-state index in [4.69, 9.17) is 0 Å². The van der Waals surface area contributed by atoms with Gasteiger partial charge < -0.3 is 10.2 Å². The van der Waals surface area contributed by atoms with E-state index in [-0.39, 0.29) is 12.4 Å². The molecule has 3 unspecified atom stereocenters. The molecule has 4 heteroatoms. The van der Waals surface area contributed by atoms with Crippen LogP contribution >= 0.6 is 12.4 Å². The minimum absolute atomic E-state index is 0. The zero-order valence-electron chi connectivity index (χ0n) is 11.9. The summed E-state index contributed by atoms with van der Waals surface area (Å²) in [5, 5.41) is 3.37. The molecular weight excluding hydrogens is 248 g/mol. The van der Waals surface area contributed by atoms with Crippen molar-refractivity contribution in [1.29, 1.82) is 0 Å². The van der Waals surface area contributed by atoms with Crippen molar-refractivity contribution < 1.29 is 4.79 Å². The molecule has 106 valence electrons. The van der Waals surface area contributed by atoms with Crippen LogP contribution in [0.3, 0.4) is 0 Å². The molecule has 0 bridgehead atoms. The monoisotopic (exact) mass is 274 g/mol. The van der Waals surface area contributed by atoms with Gasteiger partial charge in [-0.15, -0.1) is 12.4 Å². The van der Waals surface area contributed by atoms with E-state index in [0.29, 0.717) is 23.3 Å². The average molecular weight is 275 g/mol. The van der Waals surface area contributed by atoms with Crippen LogP contribution in [0.25, 0.3) is 0 Å². The molecule has 2 aliphatic rings. The van der Waals surface area contributed by atoms with Gasteiger partial charge in [-0.3, -0.25) is 4.79 Å². The highest BCUT2D eigenvalue weighted by atomic mass is 35.5. The predicted octanol–water partition coefficient (Wildman–Crippen LogP) is 2.44. The Morgan fingerprint density at radius 3 is 2.61 bits per heavy atom. The summed E-state index contributed by atoms with van der Waals surface area (Å²) in [6, 6.07) is 0.448. The fourth-order valence-electron chi connectivity index (χ4n) is 3.00. The van der Waals surface area contributed by atoms with Crippen molar-refractivity contribution >= 4 is 18.3 Å². The molecule has 3 atom stereocenters. The lowest BCUT2D eigenvalue weighted by Gasteiger charge is -2.29.